The molecule has 0 bridgehead atoms. The van der Waals surface area contributed by atoms with Crippen molar-refractivity contribution in [2.75, 3.05) is 22.9 Å². The van der Waals surface area contributed by atoms with E-state index in [0.717, 1.165) is 24.3 Å². The highest BCUT2D eigenvalue weighted by atomic mass is 32.2. The molecule has 0 radical (unpaired) electrons. The van der Waals surface area contributed by atoms with Crippen LogP contribution < -0.4 is 16.0 Å². The van der Waals surface area contributed by atoms with Gasteiger partial charge in [-0.1, -0.05) is 24.2 Å². The van der Waals surface area contributed by atoms with Crippen LogP contribution in [0.2, 0.25) is 0 Å². The summed E-state index contributed by atoms with van der Waals surface area (Å²) in [5, 5.41) is 12.1. The smallest absolute Gasteiger partial charge is 0.238 e. The van der Waals surface area contributed by atoms with Gasteiger partial charge in [-0.2, -0.15) is 0 Å². The summed E-state index contributed by atoms with van der Waals surface area (Å²) in [6, 6.07) is 9.34. The van der Waals surface area contributed by atoms with Crippen LogP contribution in [0.3, 0.4) is 0 Å². The average molecular weight is 376 g/mol. The second kappa shape index (κ2) is 9.98. The zero-order chi connectivity index (χ0) is 18.9. The minimum absolute atomic E-state index is 0.146. The first kappa shape index (κ1) is 20.0. The fourth-order valence-corrected chi connectivity index (χ4v) is 2.84. The molecule has 0 saturated heterocycles. The third kappa shape index (κ3) is 6.53. The zero-order valence-electron chi connectivity index (χ0n) is 15.2. The van der Waals surface area contributed by atoms with Gasteiger partial charge in [-0.05, 0) is 38.1 Å². The van der Waals surface area contributed by atoms with Gasteiger partial charge in [-0.3, -0.25) is 9.59 Å². The second-order valence-corrected chi connectivity index (χ2v) is 7.12. The molecule has 3 N–H and O–H groups in total. The molecule has 140 valence electrons. The molecular weight excluding hydrogens is 352 g/mol. The maximum absolute atomic E-state index is 12.1. The third-order valence-corrected chi connectivity index (χ3v) is 4.65. The van der Waals surface area contributed by atoms with Crippen LogP contribution in [0.1, 0.15) is 25.2 Å². The van der Waals surface area contributed by atoms with Crippen LogP contribution in [0.15, 0.2) is 34.9 Å². The first-order valence-corrected chi connectivity index (χ1v) is 9.48. The molecule has 26 heavy (non-hydrogen) atoms. The molecule has 0 saturated carbocycles. The van der Waals surface area contributed by atoms with Gasteiger partial charge in [0.15, 0.2) is 5.82 Å². The predicted molar refractivity (Wildman–Crippen MR) is 104 cm³/mol. The summed E-state index contributed by atoms with van der Waals surface area (Å²) >= 11 is 1.26. The van der Waals surface area contributed by atoms with Crippen LogP contribution in [-0.4, -0.2) is 34.5 Å². The molecular formula is C18H24N4O3S. The summed E-state index contributed by atoms with van der Waals surface area (Å²) in [6.45, 7) is 7.19. The predicted octanol–water partition coefficient (Wildman–Crippen LogP) is 2.79. The Morgan fingerprint density at radius 1 is 1.27 bits per heavy atom. The fourth-order valence-electron chi connectivity index (χ4n) is 2.16. The normalized spacial score (nSPS) is 11.8. The van der Waals surface area contributed by atoms with E-state index in [0.29, 0.717) is 11.6 Å². The van der Waals surface area contributed by atoms with E-state index >= 15 is 0 Å². The standard InChI is InChI=1S/C18H24N4O3S/c1-4-19-10-14-6-5-7-15(9-14)20-17(23)11-26-13(3)18(24)21-16-8-12(2)25-22-16/h5-9,13,19H,4,10-11H2,1-3H3,(H,20,23)(H,21,22,24). The monoisotopic (exact) mass is 376 g/mol. The van der Waals surface area contributed by atoms with Crippen LogP contribution >= 0.6 is 11.8 Å². The summed E-state index contributed by atoms with van der Waals surface area (Å²) in [5.41, 5.74) is 1.86. The number of rotatable bonds is 9. The van der Waals surface area contributed by atoms with Crippen LogP contribution in [0, 0.1) is 6.92 Å². The topological polar surface area (TPSA) is 96.3 Å². The Morgan fingerprint density at radius 2 is 2.08 bits per heavy atom. The highest BCUT2D eigenvalue weighted by molar-refractivity contribution is 8.01. The van der Waals surface area contributed by atoms with Gasteiger partial charge in [0.25, 0.3) is 0 Å². The Balaban J connectivity index is 1.77. The largest absolute Gasteiger partial charge is 0.360 e. The lowest BCUT2D eigenvalue weighted by molar-refractivity contribution is -0.115. The van der Waals surface area contributed by atoms with Crippen LogP contribution in [0.5, 0.6) is 0 Å². The lowest BCUT2D eigenvalue weighted by Crippen LogP contribution is -2.25. The number of benzene rings is 1. The van der Waals surface area contributed by atoms with E-state index in [-0.39, 0.29) is 17.6 Å². The maximum Gasteiger partial charge on any atom is 0.238 e. The summed E-state index contributed by atoms with van der Waals surface area (Å²) in [7, 11) is 0. The van der Waals surface area contributed by atoms with Gasteiger partial charge in [0.2, 0.25) is 11.8 Å². The van der Waals surface area contributed by atoms with Crippen molar-refractivity contribution < 1.29 is 14.1 Å². The lowest BCUT2D eigenvalue weighted by atomic mass is 10.2. The molecule has 1 unspecified atom stereocenters. The molecule has 2 amide bonds. The number of aromatic nitrogens is 1. The van der Waals surface area contributed by atoms with E-state index in [9.17, 15) is 9.59 Å². The quantitative estimate of drug-likeness (QED) is 0.623. The molecule has 1 heterocycles. The van der Waals surface area contributed by atoms with Crippen molar-refractivity contribution in [2.45, 2.75) is 32.6 Å². The Morgan fingerprint density at radius 3 is 2.77 bits per heavy atom. The first-order chi connectivity index (χ1) is 12.5. The molecule has 0 aliphatic carbocycles. The lowest BCUT2D eigenvalue weighted by Gasteiger charge is -2.11. The second-order valence-electron chi connectivity index (χ2n) is 5.79. The van der Waals surface area contributed by atoms with Crippen molar-refractivity contribution in [3.05, 3.63) is 41.7 Å². The van der Waals surface area contributed by atoms with E-state index < -0.39 is 5.25 Å². The molecule has 0 aliphatic rings. The molecule has 2 rings (SSSR count). The van der Waals surface area contributed by atoms with E-state index in [4.69, 9.17) is 4.52 Å². The van der Waals surface area contributed by atoms with Crippen molar-refractivity contribution in [1.82, 2.24) is 10.5 Å². The number of nitrogens with zero attached hydrogens (tertiary/aromatic N) is 1. The van der Waals surface area contributed by atoms with Crippen LogP contribution in [0.25, 0.3) is 0 Å². The number of carbonyl (C=O) groups excluding carboxylic acids is 2. The van der Waals surface area contributed by atoms with Gasteiger partial charge in [0.1, 0.15) is 5.76 Å². The number of thioether (sulfide) groups is 1. The van der Waals surface area contributed by atoms with Gasteiger partial charge in [0.05, 0.1) is 11.0 Å². The fraction of sp³-hybridized carbons (Fsp3) is 0.389. The molecule has 1 aromatic carbocycles. The number of hydrogen-bond acceptors (Lipinski definition) is 6. The summed E-state index contributed by atoms with van der Waals surface area (Å²) in [4.78, 5) is 24.2. The number of carbonyl (C=O) groups is 2. The SMILES string of the molecule is CCNCc1cccc(NC(=O)CSC(C)C(=O)Nc2cc(C)on2)c1. The Kier molecular flexibility index (Phi) is 7.68. The van der Waals surface area contributed by atoms with Crippen molar-refractivity contribution in [3.63, 3.8) is 0 Å². The van der Waals surface area contributed by atoms with Crippen LogP contribution in [-0.2, 0) is 16.1 Å². The molecule has 7 nitrogen and oxygen atoms in total. The summed E-state index contributed by atoms with van der Waals surface area (Å²) in [5.74, 6) is 0.818. The number of hydrogen-bond donors (Lipinski definition) is 3. The number of nitrogens with one attached hydrogen (secondary N) is 3. The number of anilines is 2. The Bertz CT molecular complexity index is 748. The summed E-state index contributed by atoms with van der Waals surface area (Å²) in [6.07, 6.45) is 0. The molecule has 8 heteroatoms. The van der Waals surface area contributed by atoms with Gasteiger partial charge in [0, 0.05) is 18.3 Å². The van der Waals surface area contributed by atoms with Gasteiger partial charge >= 0.3 is 0 Å². The minimum atomic E-state index is -0.391. The minimum Gasteiger partial charge on any atom is -0.360 e. The van der Waals surface area contributed by atoms with Gasteiger partial charge < -0.3 is 20.5 Å². The molecule has 2 aromatic rings. The number of amides is 2. The Labute approximate surface area is 157 Å². The van der Waals surface area contributed by atoms with E-state index in [1.807, 2.05) is 31.2 Å². The molecule has 0 fully saturated rings. The average Bonchev–Trinajstić information content (AvgIpc) is 3.03. The van der Waals surface area contributed by atoms with E-state index in [1.165, 1.54) is 11.8 Å². The van der Waals surface area contributed by atoms with Crippen LogP contribution in [0.4, 0.5) is 11.5 Å². The molecule has 0 aliphatic heterocycles. The Hall–Kier alpha value is -2.32. The first-order valence-electron chi connectivity index (χ1n) is 8.43. The number of aryl methyl sites for hydroxylation is 1. The van der Waals surface area contributed by atoms with Crippen molar-refractivity contribution in [1.29, 1.82) is 0 Å². The maximum atomic E-state index is 12.1. The van der Waals surface area contributed by atoms with E-state index in [1.54, 1.807) is 19.9 Å². The highest BCUT2D eigenvalue weighted by Gasteiger charge is 2.17. The molecule has 1 aromatic heterocycles. The highest BCUT2D eigenvalue weighted by Crippen LogP contribution is 2.16. The molecule has 0 spiro atoms. The molecule has 1 atom stereocenters. The van der Waals surface area contributed by atoms with Crippen molar-refractivity contribution >= 4 is 35.1 Å². The van der Waals surface area contributed by atoms with Crippen molar-refractivity contribution in [2.24, 2.45) is 0 Å². The van der Waals surface area contributed by atoms with Gasteiger partial charge in [-0.25, -0.2) is 0 Å². The van der Waals surface area contributed by atoms with Crippen molar-refractivity contribution in [3.8, 4) is 0 Å². The summed E-state index contributed by atoms with van der Waals surface area (Å²) < 4.78 is 4.90. The zero-order valence-corrected chi connectivity index (χ0v) is 16.0. The third-order valence-electron chi connectivity index (χ3n) is 3.50. The van der Waals surface area contributed by atoms with Gasteiger partial charge in [-0.15, -0.1) is 11.8 Å². The van der Waals surface area contributed by atoms with E-state index in [2.05, 4.69) is 21.1 Å².